The summed E-state index contributed by atoms with van der Waals surface area (Å²) in [7, 11) is -1.07. The van der Waals surface area contributed by atoms with Gasteiger partial charge in [-0.05, 0) is 44.9 Å². The highest BCUT2D eigenvalue weighted by Crippen LogP contribution is 2.24. The van der Waals surface area contributed by atoms with Crippen molar-refractivity contribution >= 4 is 8.80 Å². The minimum Gasteiger partial charge on any atom is -0.508 e. The number of phenolic OH excluding ortho intramolecular Hbond substituents is 1. The lowest BCUT2D eigenvalue weighted by Gasteiger charge is -2.28. The lowest BCUT2D eigenvalue weighted by molar-refractivity contribution is -0.0306. The molecule has 0 atom stereocenters. The first-order chi connectivity index (χ1) is 35.6. The van der Waals surface area contributed by atoms with Gasteiger partial charge in [0.05, 0.1) is 225 Å². The smallest absolute Gasteiger partial charge is 0.501 e. The van der Waals surface area contributed by atoms with E-state index in [0.717, 1.165) is 5.56 Å². The number of phenols is 1. The molecular formula is C49H94O22Si. The number of hydrogen-bond donors (Lipinski definition) is 1. The average Bonchev–Trinajstić information content (AvgIpc) is 3.37. The van der Waals surface area contributed by atoms with Gasteiger partial charge in [0.2, 0.25) is 0 Å². The van der Waals surface area contributed by atoms with Crippen LogP contribution in [0.4, 0.5) is 0 Å². The first kappa shape index (κ1) is 68.3. The summed E-state index contributed by atoms with van der Waals surface area (Å²) >= 11 is 0. The maximum absolute atomic E-state index is 10.2. The summed E-state index contributed by atoms with van der Waals surface area (Å²) in [6.07, 6.45) is 0.699. The number of rotatable bonds is 61. The van der Waals surface area contributed by atoms with Crippen molar-refractivity contribution in [2.24, 2.45) is 0 Å². The normalized spacial score (nSPS) is 11.9. The Kier molecular flexibility index (Phi) is 52.6. The Hall–Kier alpha value is -1.76. The SMILES string of the molecule is CCO[Si](CCCOc1cc(O)cc(COCCOCCOCCOCCOCCOCCOCCOCCOCCOCCOCCOCCOCCOCCOCCOCCOC)c1)(OCC)OCC. The van der Waals surface area contributed by atoms with Gasteiger partial charge in [0.25, 0.3) is 0 Å². The van der Waals surface area contributed by atoms with Crippen LogP contribution >= 0.6 is 0 Å². The predicted octanol–water partition coefficient (Wildman–Crippen LogP) is 3.62. The van der Waals surface area contributed by atoms with Gasteiger partial charge in [0.1, 0.15) is 11.5 Å². The van der Waals surface area contributed by atoms with Gasteiger partial charge < -0.3 is 104 Å². The van der Waals surface area contributed by atoms with E-state index in [1.807, 2.05) is 26.8 Å². The molecule has 0 aromatic heterocycles. The summed E-state index contributed by atoms with van der Waals surface area (Å²) < 4.78 is 117. The molecule has 72 heavy (non-hydrogen) atoms. The maximum Gasteiger partial charge on any atom is 0.501 e. The highest BCUT2D eigenvalue weighted by molar-refractivity contribution is 6.60. The van der Waals surface area contributed by atoms with Gasteiger partial charge in [-0.1, -0.05) is 0 Å². The molecule has 0 unspecified atom stereocenters. The number of benzene rings is 1. The predicted molar refractivity (Wildman–Crippen MR) is 267 cm³/mol. The Labute approximate surface area is 431 Å². The van der Waals surface area contributed by atoms with Crippen molar-refractivity contribution in [3.8, 4) is 11.5 Å². The van der Waals surface area contributed by atoms with Crippen LogP contribution in [0.5, 0.6) is 11.5 Å². The molecule has 1 N–H and O–H groups in total. The third kappa shape index (κ3) is 46.7. The highest BCUT2D eigenvalue weighted by atomic mass is 28.4. The summed E-state index contributed by atoms with van der Waals surface area (Å²) in [6.45, 7) is 23.9. The van der Waals surface area contributed by atoms with Gasteiger partial charge >= 0.3 is 8.80 Å². The Morgan fingerprint density at radius 2 is 0.597 bits per heavy atom. The van der Waals surface area contributed by atoms with E-state index in [1.54, 1.807) is 19.2 Å². The van der Waals surface area contributed by atoms with Crippen LogP contribution in [-0.2, 0) is 100 Å². The molecule has 0 heterocycles. The van der Waals surface area contributed by atoms with Crippen molar-refractivity contribution in [2.45, 2.75) is 39.8 Å². The van der Waals surface area contributed by atoms with Crippen LogP contribution in [0.25, 0.3) is 0 Å². The van der Waals surface area contributed by atoms with E-state index in [4.69, 9.17) is 98.5 Å². The zero-order chi connectivity index (χ0) is 51.8. The highest BCUT2D eigenvalue weighted by Gasteiger charge is 2.39. The third-order valence-corrected chi connectivity index (χ3v) is 12.4. The molecule has 0 aliphatic carbocycles. The first-order valence-electron chi connectivity index (χ1n) is 25.7. The van der Waals surface area contributed by atoms with Crippen LogP contribution < -0.4 is 4.74 Å². The summed E-state index contributed by atoms with van der Waals surface area (Å²) in [5, 5.41) is 10.2. The second kappa shape index (κ2) is 55.5. The van der Waals surface area contributed by atoms with Gasteiger partial charge in [0, 0.05) is 39.0 Å². The van der Waals surface area contributed by atoms with Crippen molar-refractivity contribution < 1.29 is 104 Å². The number of aromatic hydroxyl groups is 1. The first-order valence-corrected chi connectivity index (χ1v) is 27.6. The van der Waals surface area contributed by atoms with Gasteiger partial charge in [-0.2, -0.15) is 0 Å². The fraction of sp³-hybridized carbons (Fsp3) is 0.878. The minimum atomic E-state index is -2.72. The second-order valence-corrected chi connectivity index (χ2v) is 17.7. The largest absolute Gasteiger partial charge is 0.508 e. The van der Waals surface area contributed by atoms with Crippen LogP contribution in [0.1, 0.15) is 32.8 Å². The quantitative estimate of drug-likeness (QED) is 0.0729. The number of ether oxygens (including phenoxy) is 18. The van der Waals surface area contributed by atoms with Gasteiger partial charge in [0.15, 0.2) is 0 Å². The molecule has 0 radical (unpaired) electrons. The van der Waals surface area contributed by atoms with E-state index in [0.29, 0.717) is 263 Å². The zero-order valence-electron chi connectivity index (χ0n) is 44.3. The van der Waals surface area contributed by atoms with E-state index < -0.39 is 8.80 Å². The summed E-state index contributed by atoms with van der Waals surface area (Å²) in [5.41, 5.74) is 0.804. The van der Waals surface area contributed by atoms with E-state index in [-0.39, 0.29) is 5.75 Å². The van der Waals surface area contributed by atoms with Crippen molar-refractivity contribution in [3.05, 3.63) is 23.8 Å². The Morgan fingerprint density at radius 3 is 0.861 bits per heavy atom. The van der Waals surface area contributed by atoms with Gasteiger partial charge in [-0.3, -0.25) is 0 Å². The molecule has 0 amide bonds. The topological polar surface area (TPSA) is 214 Å². The molecule has 22 nitrogen and oxygen atoms in total. The molecular weight excluding hydrogens is 969 g/mol. The van der Waals surface area contributed by atoms with Crippen LogP contribution in [0.2, 0.25) is 6.04 Å². The number of methoxy groups -OCH3 is 1. The lowest BCUT2D eigenvalue weighted by atomic mass is 10.2. The van der Waals surface area contributed by atoms with Crippen molar-refractivity contribution in [1.29, 1.82) is 0 Å². The van der Waals surface area contributed by atoms with E-state index in [2.05, 4.69) is 0 Å². The van der Waals surface area contributed by atoms with Crippen LogP contribution in [0.3, 0.4) is 0 Å². The van der Waals surface area contributed by atoms with Crippen LogP contribution in [-0.4, -0.2) is 259 Å². The summed E-state index contributed by atoms with van der Waals surface area (Å²) in [4.78, 5) is 0. The van der Waals surface area contributed by atoms with Crippen molar-refractivity contribution in [3.63, 3.8) is 0 Å². The average molecular weight is 1060 g/mol. The molecule has 426 valence electrons. The molecule has 0 saturated carbocycles. The van der Waals surface area contributed by atoms with Crippen molar-refractivity contribution in [1.82, 2.24) is 0 Å². The Balaban J connectivity index is 1.74. The molecule has 0 fully saturated rings. The Morgan fingerprint density at radius 1 is 0.333 bits per heavy atom. The molecule has 0 aliphatic heterocycles. The molecule has 1 aromatic rings. The van der Waals surface area contributed by atoms with Crippen LogP contribution in [0, 0.1) is 0 Å². The second-order valence-electron chi connectivity index (χ2n) is 15.0. The van der Waals surface area contributed by atoms with E-state index >= 15 is 0 Å². The monoisotopic (exact) mass is 1060 g/mol. The molecule has 0 aliphatic rings. The fourth-order valence-electron chi connectivity index (χ4n) is 5.92. The molecule has 23 heteroatoms. The molecule has 1 aromatic carbocycles. The molecule has 0 spiro atoms. The minimum absolute atomic E-state index is 0.115. The standard InChI is InChI=1S/C49H94O22Si/c1-5-69-72(70-6-2,71-7-3)42-8-9-68-49-44-47(43-48(50)45-49)46-67-41-40-66-39-38-65-37-36-64-35-34-63-33-32-62-31-30-61-29-28-60-27-26-59-25-24-58-23-22-57-21-20-56-19-18-55-17-16-54-15-14-53-13-12-52-11-10-51-4/h43-45,50H,5-42,46H2,1-4H3. The number of hydrogen-bond acceptors (Lipinski definition) is 22. The third-order valence-electron chi connectivity index (χ3n) is 9.22. The zero-order valence-corrected chi connectivity index (χ0v) is 45.3. The van der Waals surface area contributed by atoms with Gasteiger partial charge in [-0.15, -0.1) is 0 Å². The van der Waals surface area contributed by atoms with Crippen molar-refractivity contribution in [2.75, 3.05) is 245 Å². The summed E-state index contributed by atoms with van der Waals surface area (Å²) in [6, 6.07) is 5.75. The van der Waals surface area contributed by atoms with E-state index in [9.17, 15) is 5.11 Å². The molecule has 1 rings (SSSR count). The molecule has 0 bridgehead atoms. The fourth-order valence-corrected chi connectivity index (χ4v) is 8.50. The van der Waals surface area contributed by atoms with Gasteiger partial charge in [-0.25, -0.2) is 0 Å². The van der Waals surface area contributed by atoms with Crippen LogP contribution in [0.15, 0.2) is 18.2 Å². The molecule has 0 saturated heterocycles. The summed E-state index contributed by atoms with van der Waals surface area (Å²) in [5.74, 6) is 0.687. The lowest BCUT2D eigenvalue weighted by Crippen LogP contribution is -2.46. The van der Waals surface area contributed by atoms with E-state index in [1.165, 1.54) is 0 Å². The Bertz CT molecular complexity index is 1210. The maximum atomic E-state index is 10.2.